The van der Waals surface area contributed by atoms with Crippen LogP contribution < -0.4 is 14.8 Å². The number of hydrogen-bond donors (Lipinski definition) is 1. The number of nitrogens with zero attached hydrogens (tertiary/aromatic N) is 2. The van der Waals surface area contributed by atoms with Crippen LogP contribution in [-0.4, -0.2) is 43.0 Å². The molecule has 150 valence electrons. The van der Waals surface area contributed by atoms with Crippen LogP contribution in [0.4, 0.5) is 11.4 Å². The van der Waals surface area contributed by atoms with Crippen LogP contribution in [0.5, 0.6) is 11.5 Å². The number of amides is 1. The number of methoxy groups -OCH3 is 2. The number of hydrogen-bond acceptors (Lipinski definition) is 6. The quantitative estimate of drug-likeness (QED) is 0.551. The van der Waals surface area contributed by atoms with Crippen LogP contribution in [0.15, 0.2) is 36.4 Å². The maximum absolute atomic E-state index is 12.7. The lowest BCUT2D eigenvalue weighted by atomic mass is 10.1. The number of likely N-dealkylation sites (N-methyl/N-ethyl adjacent to an activating group) is 1. The van der Waals surface area contributed by atoms with Gasteiger partial charge in [0.2, 0.25) is 5.91 Å². The van der Waals surface area contributed by atoms with Crippen molar-refractivity contribution in [3.8, 4) is 11.5 Å². The van der Waals surface area contributed by atoms with Gasteiger partial charge in [-0.3, -0.25) is 19.8 Å². The number of rotatable bonds is 8. The zero-order valence-corrected chi connectivity index (χ0v) is 16.7. The summed E-state index contributed by atoms with van der Waals surface area (Å²) < 4.78 is 10.6. The molecule has 1 amide bonds. The summed E-state index contributed by atoms with van der Waals surface area (Å²) in [5.74, 6) is 0.812. The standard InChI is InChI=1S/C20H25N3O5/c1-13-6-8-18(27-4)15(10-13)12-22(3)14(2)20(24)21-17-11-16(23(25)26)7-9-19(17)28-5/h6-11,14H,12H2,1-5H3,(H,21,24)/t14-/m0/s1. The molecule has 8 heteroatoms. The van der Waals surface area contributed by atoms with Crippen LogP contribution in [-0.2, 0) is 11.3 Å². The zero-order valence-electron chi connectivity index (χ0n) is 16.7. The number of nitro groups is 1. The highest BCUT2D eigenvalue weighted by Crippen LogP contribution is 2.29. The Morgan fingerprint density at radius 1 is 1.18 bits per heavy atom. The number of nitrogens with one attached hydrogen (secondary N) is 1. The fourth-order valence-electron chi connectivity index (χ4n) is 2.78. The van der Waals surface area contributed by atoms with Gasteiger partial charge in [-0.1, -0.05) is 17.7 Å². The molecule has 0 bridgehead atoms. The van der Waals surface area contributed by atoms with E-state index < -0.39 is 11.0 Å². The first-order valence-corrected chi connectivity index (χ1v) is 8.73. The summed E-state index contributed by atoms with van der Waals surface area (Å²) in [5.41, 5.74) is 2.21. The number of carbonyl (C=O) groups excluding carboxylic acids is 1. The first-order valence-electron chi connectivity index (χ1n) is 8.73. The van der Waals surface area contributed by atoms with Crippen molar-refractivity contribution in [2.24, 2.45) is 0 Å². The number of carbonyl (C=O) groups is 1. The largest absolute Gasteiger partial charge is 0.496 e. The maximum Gasteiger partial charge on any atom is 0.271 e. The molecule has 0 radical (unpaired) electrons. The molecule has 0 unspecified atom stereocenters. The van der Waals surface area contributed by atoms with E-state index in [0.717, 1.165) is 16.9 Å². The van der Waals surface area contributed by atoms with E-state index in [9.17, 15) is 14.9 Å². The summed E-state index contributed by atoms with van der Waals surface area (Å²) >= 11 is 0. The molecule has 0 fully saturated rings. The predicted molar refractivity (Wildman–Crippen MR) is 107 cm³/mol. The molecule has 8 nitrogen and oxygen atoms in total. The number of nitro benzene ring substituents is 1. The highest BCUT2D eigenvalue weighted by molar-refractivity contribution is 5.96. The van der Waals surface area contributed by atoms with E-state index in [0.29, 0.717) is 12.3 Å². The fraction of sp³-hybridized carbons (Fsp3) is 0.350. The normalized spacial score (nSPS) is 11.8. The van der Waals surface area contributed by atoms with Crippen LogP contribution in [0.1, 0.15) is 18.1 Å². The Labute approximate surface area is 164 Å². The number of non-ortho nitro benzene ring substituents is 1. The molecule has 1 atom stereocenters. The fourth-order valence-corrected chi connectivity index (χ4v) is 2.78. The topological polar surface area (TPSA) is 93.9 Å². The minimum Gasteiger partial charge on any atom is -0.496 e. The maximum atomic E-state index is 12.7. The van der Waals surface area contributed by atoms with Gasteiger partial charge in [0.15, 0.2) is 0 Å². The molecule has 0 aliphatic rings. The number of aryl methyl sites for hydroxylation is 1. The summed E-state index contributed by atoms with van der Waals surface area (Å²) in [4.78, 5) is 25.1. The average molecular weight is 387 g/mol. The number of anilines is 1. The van der Waals surface area contributed by atoms with Gasteiger partial charge in [0.25, 0.3) is 5.69 Å². The lowest BCUT2D eigenvalue weighted by Gasteiger charge is -2.25. The lowest BCUT2D eigenvalue weighted by molar-refractivity contribution is -0.384. The van der Waals surface area contributed by atoms with Crippen molar-refractivity contribution in [1.82, 2.24) is 4.90 Å². The van der Waals surface area contributed by atoms with Gasteiger partial charge in [-0.15, -0.1) is 0 Å². The summed E-state index contributed by atoms with van der Waals surface area (Å²) in [6.07, 6.45) is 0. The Bertz CT molecular complexity index is 869. The monoisotopic (exact) mass is 387 g/mol. The molecule has 0 aromatic heterocycles. The van der Waals surface area contributed by atoms with Crippen molar-refractivity contribution in [3.63, 3.8) is 0 Å². The Morgan fingerprint density at radius 2 is 1.82 bits per heavy atom. The molecule has 0 spiro atoms. The van der Waals surface area contributed by atoms with Gasteiger partial charge < -0.3 is 14.8 Å². The number of ether oxygens (including phenoxy) is 2. The minimum atomic E-state index is -0.519. The second kappa shape index (κ2) is 9.18. The smallest absolute Gasteiger partial charge is 0.271 e. The molecule has 28 heavy (non-hydrogen) atoms. The van der Waals surface area contributed by atoms with Crippen molar-refractivity contribution in [2.75, 3.05) is 26.6 Å². The van der Waals surface area contributed by atoms with Gasteiger partial charge in [-0.2, -0.15) is 0 Å². The van der Waals surface area contributed by atoms with E-state index in [1.54, 1.807) is 14.0 Å². The third-order valence-corrected chi connectivity index (χ3v) is 4.55. The molecule has 0 aliphatic carbocycles. The van der Waals surface area contributed by atoms with E-state index >= 15 is 0 Å². The van der Waals surface area contributed by atoms with Crippen molar-refractivity contribution < 1.29 is 19.2 Å². The third kappa shape index (κ3) is 4.98. The Morgan fingerprint density at radius 3 is 2.43 bits per heavy atom. The van der Waals surface area contributed by atoms with Crippen molar-refractivity contribution in [3.05, 3.63) is 57.6 Å². The molecule has 2 rings (SSSR count). The van der Waals surface area contributed by atoms with Crippen LogP contribution in [0.25, 0.3) is 0 Å². The molecule has 0 heterocycles. The molecule has 0 aliphatic heterocycles. The van der Waals surface area contributed by atoms with Crippen LogP contribution in [0, 0.1) is 17.0 Å². The predicted octanol–water partition coefficient (Wildman–Crippen LogP) is 3.38. The summed E-state index contributed by atoms with van der Waals surface area (Å²) in [5, 5.41) is 13.7. The minimum absolute atomic E-state index is 0.124. The number of benzene rings is 2. The van der Waals surface area contributed by atoms with E-state index in [1.165, 1.54) is 25.3 Å². The van der Waals surface area contributed by atoms with Crippen molar-refractivity contribution in [1.29, 1.82) is 0 Å². The first-order chi connectivity index (χ1) is 13.3. The van der Waals surface area contributed by atoms with Gasteiger partial charge in [0.1, 0.15) is 11.5 Å². The lowest BCUT2D eigenvalue weighted by Crippen LogP contribution is -2.39. The van der Waals surface area contributed by atoms with E-state index in [2.05, 4.69) is 5.32 Å². The molecule has 0 saturated heterocycles. The summed E-state index contributed by atoms with van der Waals surface area (Å²) in [6, 6.07) is 9.46. The summed E-state index contributed by atoms with van der Waals surface area (Å²) in [6.45, 7) is 4.26. The van der Waals surface area contributed by atoms with E-state index in [1.807, 2.05) is 37.1 Å². The molecular weight excluding hydrogens is 362 g/mol. The van der Waals surface area contributed by atoms with Gasteiger partial charge >= 0.3 is 0 Å². The second-order valence-electron chi connectivity index (χ2n) is 6.54. The van der Waals surface area contributed by atoms with Crippen molar-refractivity contribution in [2.45, 2.75) is 26.4 Å². The van der Waals surface area contributed by atoms with Gasteiger partial charge in [0, 0.05) is 24.2 Å². The molecule has 0 saturated carbocycles. The zero-order chi connectivity index (χ0) is 20.8. The molecule has 2 aromatic rings. The highest BCUT2D eigenvalue weighted by Gasteiger charge is 2.22. The van der Waals surface area contributed by atoms with Crippen LogP contribution >= 0.6 is 0 Å². The Balaban J connectivity index is 2.15. The van der Waals surface area contributed by atoms with E-state index in [4.69, 9.17) is 9.47 Å². The third-order valence-electron chi connectivity index (χ3n) is 4.55. The molecule has 1 N–H and O–H groups in total. The van der Waals surface area contributed by atoms with Gasteiger partial charge in [0.05, 0.1) is 30.9 Å². The summed E-state index contributed by atoms with van der Waals surface area (Å²) in [7, 11) is 4.88. The first kappa shape index (κ1) is 21.2. The van der Waals surface area contributed by atoms with Crippen LogP contribution in [0.2, 0.25) is 0 Å². The van der Waals surface area contributed by atoms with Crippen molar-refractivity contribution >= 4 is 17.3 Å². The van der Waals surface area contributed by atoms with Gasteiger partial charge in [-0.25, -0.2) is 0 Å². The average Bonchev–Trinajstić information content (AvgIpc) is 2.67. The van der Waals surface area contributed by atoms with Crippen LogP contribution in [0.3, 0.4) is 0 Å². The molecule has 2 aromatic carbocycles. The SMILES string of the molecule is COc1ccc(C)cc1CN(C)[C@@H](C)C(=O)Nc1cc([N+](=O)[O-])ccc1OC. The Hall–Kier alpha value is -3.13. The molecular formula is C20H25N3O5. The second-order valence-corrected chi connectivity index (χ2v) is 6.54. The van der Waals surface area contributed by atoms with E-state index in [-0.39, 0.29) is 17.3 Å². The Kier molecular flexibility index (Phi) is 6.94. The highest BCUT2D eigenvalue weighted by atomic mass is 16.6. The van der Waals surface area contributed by atoms with Gasteiger partial charge in [-0.05, 0) is 33.0 Å².